The van der Waals surface area contributed by atoms with Gasteiger partial charge in [-0.15, -0.1) is 0 Å². The number of aromatic nitrogens is 2. The molecule has 2 aliphatic carbocycles. The van der Waals surface area contributed by atoms with Gasteiger partial charge in [-0.1, -0.05) is 67.1 Å². The second kappa shape index (κ2) is 17.9. The lowest BCUT2D eigenvalue weighted by atomic mass is 9.53. The van der Waals surface area contributed by atoms with Crippen LogP contribution in [-0.2, 0) is 26.8 Å². The summed E-state index contributed by atoms with van der Waals surface area (Å²) in [6, 6.07) is 14.7. The fourth-order valence-electron chi connectivity index (χ4n) is 13.3. The predicted molar refractivity (Wildman–Crippen MR) is 262 cm³/mol. The molecule has 5 fully saturated rings. The summed E-state index contributed by atoms with van der Waals surface area (Å²) in [5, 5.41) is 20.2. The lowest BCUT2D eigenvalue weighted by Crippen LogP contribution is -2.62. The number of nitrogens with one attached hydrogen (secondary N) is 3. The van der Waals surface area contributed by atoms with Gasteiger partial charge in [-0.2, -0.15) is 0 Å². The number of aliphatic hydroxyl groups is 1. The van der Waals surface area contributed by atoms with Gasteiger partial charge in [-0.05, 0) is 150 Å². The van der Waals surface area contributed by atoms with E-state index in [1.54, 1.807) is 40.4 Å². The Labute approximate surface area is 407 Å². The van der Waals surface area contributed by atoms with E-state index in [1.807, 2.05) is 31.3 Å². The normalized spacial score (nSPS) is 29.4. The van der Waals surface area contributed by atoms with Gasteiger partial charge in [0.1, 0.15) is 17.5 Å². The molecule has 15 heteroatoms. The molecular weight excluding hydrogens is 905 g/mol. The third-order valence-electron chi connectivity index (χ3n) is 17.1. The average molecular weight is 967 g/mol. The topological polar surface area (TPSA) is 141 Å². The second-order valence-corrected chi connectivity index (χ2v) is 22.3. The van der Waals surface area contributed by atoms with Crippen LogP contribution in [0.5, 0.6) is 0 Å². The number of amides is 3. The van der Waals surface area contributed by atoms with Gasteiger partial charge in [0.15, 0.2) is 0 Å². The summed E-state index contributed by atoms with van der Waals surface area (Å²) in [6.45, 7) is 7.44. The predicted octanol–water partition coefficient (Wildman–Crippen LogP) is 7.62. The maximum Gasteiger partial charge on any atom is 0.329 e. The van der Waals surface area contributed by atoms with Crippen molar-refractivity contribution in [3.63, 3.8) is 0 Å². The number of carbonyl (C=O) groups is 3. The van der Waals surface area contributed by atoms with Crippen LogP contribution < -0.4 is 21.6 Å². The number of imidazole rings is 1. The highest BCUT2D eigenvalue weighted by Gasteiger charge is 2.75. The minimum atomic E-state index is -1.28. The largest absolute Gasteiger partial charge is 0.372 e. The number of hydrogen-bond donors (Lipinski definition) is 4. The van der Waals surface area contributed by atoms with Crippen LogP contribution in [0.3, 0.4) is 0 Å². The van der Waals surface area contributed by atoms with Crippen LogP contribution in [-0.4, -0.2) is 92.3 Å². The molecule has 360 valence electrons. The Bertz CT molecular complexity index is 2790. The molecule has 0 bridgehead atoms. The molecule has 3 aromatic carbocycles. The van der Waals surface area contributed by atoms with Crippen LogP contribution >= 0.6 is 23.2 Å². The molecule has 6 aliphatic rings. The Balaban J connectivity index is 0.798. The summed E-state index contributed by atoms with van der Waals surface area (Å²) in [7, 11) is 3.69. The Hall–Kier alpha value is -4.71. The van der Waals surface area contributed by atoms with Crippen molar-refractivity contribution in [1.82, 2.24) is 29.6 Å². The van der Waals surface area contributed by atoms with Gasteiger partial charge in [-0.25, -0.2) is 9.18 Å². The van der Waals surface area contributed by atoms with Crippen molar-refractivity contribution in [1.29, 1.82) is 0 Å². The van der Waals surface area contributed by atoms with Crippen molar-refractivity contribution >= 4 is 57.6 Å². The first-order valence-electron chi connectivity index (χ1n) is 24.5. The lowest BCUT2D eigenvalue weighted by Gasteiger charge is -2.53. The molecule has 2 spiro atoms. The van der Waals surface area contributed by atoms with Gasteiger partial charge >= 0.3 is 5.69 Å². The molecule has 4 N–H and O–H groups in total. The first-order valence-corrected chi connectivity index (χ1v) is 25.3. The van der Waals surface area contributed by atoms with Crippen LogP contribution in [0, 0.1) is 34.9 Å². The van der Waals surface area contributed by atoms with Crippen LogP contribution in [0.1, 0.15) is 120 Å². The molecule has 3 amide bonds. The molecule has 12 nitrogen and oxygen atoms in total. The first kappa shape index (κ1) is 47.0. The van der Waals surface area contributed by atoms with E-state index in [1.165, 1.54) is 6.07 Å². The van der Waals surface area contributed by atoms with Crippen molar-refractivity contribution in [2.45, 2.75) is 132 Å². The molecule has 2 saturated carbocycles. The van der Waals surface area contributed by atoms with Crippen LogP contribution in [0.4, 0.5) is 10.1 Å². The Morgan fingerprint density at radius 2 is 1.65 bits per heavy atom. The number of likely N-dealkylation sites (tertiary alicyclic amines) is 2. The number of fused-ring (bicyclic) bond motifs is 4. The van der Waals surface area contributed by atoms with E-state index in [2.05, 4.69) is 51.4 Å². The maximum atomic E-state index is 16.6. The van der Waals surface area contributed by atoms with E-state index < -0.39 is 41.0 Å². The quantitative estimate of drug-likeness (QED) is 0.146. The lowest BCUT2D eigenvalue weighted by molar-refractivity contribution is -0.129. The minimum Gasteiger partial charge on any atom is -0.372 e. The van der Waals surface area contributed by atoms with E-state index in [-0.39, 0.29) is 57.8 Å². The molecule has 2 unspecified atom stereocenters. The molecule has 4 aromatic rings. The summed E-state index contributed by atoms with van der Waals surface area (Å²) >= 11 is 13.0. The van der Waals surface area contributed by atoms with Crippen LogP contribution in [0.25, 0.3) is 11.0 Å². The molecule has 10 rings (SSSR count). The van der Waals surface area contributed by atoms with Gasteiger partial charge in [0.05, 0.1) is 28.1 Å². The molecule has 3 saturated heterocycles. The molecular formula is C53H62Cl2FN7O5. The smallest absolute Gasteiger partial charge is 0.329 e. The Morgan fingerprint density at radius 3 is 2.37 bits per heavy atom. The number of rotatable bonds is 6. The van der Waals surface area contributed by atoms with Gasteiger partial charge in [-0.3, -0.25) is 28.4 Å². The fourth-order valence-corrected chi connectivity index (χ4v) is 13.7. The summed E-state index contributed by atoms with van der Waals surface area (Å²) < 4.78 is 19.8. The van der Waals surface area contributed by atoms with E-state index in [0.717, 1.165) is 87.6 Å². The fraction of sp³-hybridized carbons (Fsp3) is 0.547. The van der Waals surface area contributed by atoms with Gasteiger partial charge in [0, 0.05) is 59.7 Å². The van der Waals surface area contributed by atoms with Crippen LogP contribution in [0.15, 0.2) is 59.4 Å². The third-order valence-corrected chi connectivity index (χ3v) is 17.6. The number of nitrogens with zero attached hydrogens (tertiary/aromatic N) is 4. The number of hydrogen-bond acceptors (Lipinski definition) is 7. The number of carbonyl (C=O) groups excluding carboxylic acids is 3. The highest BCUT2D eigenvalue weighted by molar-refractivity contribution is 6.31. The Kier molecular flexibility index (Phi) is 12.4. The summed E-state index contributed by atoms with van der Waals surface area (Å²) in [6.07, 6.45) is 8.13. The number of likely N-dealkylation sites (N-methyl/N-ethyl adjacent to an activating group) is 1. The van der Waals surface area contributed by atoms with E-state index in [9.17, 15) is 14.7 Å². The van der Waals surface area contributed by atoms with E-state index in [0.29, 0.717) is 41.4 Å². The molecule has 4 aliphatic heterocycles. The summed E-state index contributed by atoms with van der Waals surface area (Å²) in [5.74, 6) is 5.55. The standard InChI is InChI=1S/C53H62Cl2FN7O5/c1-51(2)22-24-52(25-23-51)53(37-16-13-34(54)29-39(37)58-49(53)67)44(36-6-5-7-38(55)45(36)56)46(61(52)4)48(66)57-35-14-10-33(11-15-35)30-62-26-20-31(21-27-62)8-9-32-12-17-40-42(28-32)60(3)50(68)63(40)41-18-19-43(64)59-47(41)65/h5-7,12-13,16-17,28-29,31,33,35,41,44,46-47,65H,10-11,14-15,18-27,30H2,1-4H3,(H,57,66)(H,58,67)(H,59,64)/t33-,35-,41?,44-,46+,47?,53+/m0/s1. The first-order chi connectivity index (χ1) is 32.5. The molecule has 68 heavy (non-hydrogen) atoms. The Morgan fingerprint density at radius 1 is 0.912 bits per heavy atom. The zero-order valence-electron chi connectivity index (χ0n) is 39.3. The van der Waals surface area contributed by atoms with Crippen molar-refractivity contribution in [3.8, 4) is 11.8 Å². The highest BCUT2D eigenvalue weighted by atomic mass is 35.5. The van der Waals surface area contributed by atoms with E-state index in [4.69, 9.17) is 23.2 Å². The van der Waals surface area contributed by atoms with E-state index >= 15 is 14.0 Å². The summed E-state index contributed by atoms with van der Waals surface area (Å²) in [5.41, 5.74) is 1.65. The number of piperidine rings is 2. The maximum absolute atomic E-state index is 16.6. The number of benzene rings is 3. The van der Waals surface area contributed by atoms with Gasteiger partial charge in [0.2, 0.25) is 17.7 Å². The zero-order chi connectivity index (χ0) is 47.9. The van der Waals surface area contributed by atoms with Crippen molar-refractivity contribution < 1.29 is 23.9 Å². The molecule has 5 atom stereocenters. The number of halogens is 3. The minimum absolute atomic E-state index is 0.0387. The van der Waals surface area contributed by atoms with Crippen LogP contribution in [0.2, 0.25) is 10.0 Å². The molecule has 5 heterocycles. The highest BCUT2D eigenvalue weighted by Crippen LogP contribution is 2.67. The zero-order valence-corrected chi connectivity index (χ0v) is 40.9. The van der Waals surface area contributed by atoms with Crippen molar-refractivity contribution in [2.24, 2.45) is 24.3 Å². The monoisotopic (exact) mass is 965 g/mol. The third kappa shape index (κ3) is 7.87. The second-order valence-electron chi connectivity index (χ2n) is 21.4. The number of aryl methyl sites for hydroxylation is 1. The number of anilines is 1. The molecule has 1 aromatic heterocycles. The van der Waals surface area contributed by atoms with Crippen molar-refractivity contribution in [3.05, 3.63) is 97.6 Å². The summed E-state index contributed by atoms with van der Waals surface area (Å²) in [4.78, 5) is 59.8. The van der Waals surface area contributed by atoms with Gasteiger partial charge in [0.25, 0.3) is 0 Å². The number of aliphatic hydroxyl groups excluding tert-OH is 1. The van der Waals surface area contributed by atoms with Gasteiger partial charge < -0.3 is 26.0 Å². The van der Waals surface area contributed by atoms with Crippen molar-refractivity contribution in [2.75, 3.05) is 32.0 Å². The SMILES string of the molecule is CN1[C@@H](C(=O)N[C@H]2CC[C@H](CN3CCC(C#Cc4ccc5c(c4)n(C)c(=O)n5C4CCC(=O)NC4O)CC3)CC2)[C@H](c2cccc(Cl)c2F)[C@]2(C(=O)Nc3cc(Cl)ccc32)C12CCC(C)(C)CC2. The molecule has 0 radical (unpaired) electrons. The average Bonchev–Trinajstić information content (AvgIpc) is 3.83.